The lowest BCUT2D eigenvalue weighted by Crippen LogP contribution is -2.11. The Labute approximate surface area is 130 Å². The van der Waals surface area contributed by atoms with Crippen molar-refractivity contribution in [3.63, 3.8) is 0 Å². The maximum Gasteiger partial charge on any atom is 0.114 e. The molecule has 1 fully saturated rings. The first-order valence-corrected chi connectivity index (χ1v) is 7.47. The van der Waals surface area contributed by atoms with Crippen molar-refractivity contribution in [3.05, 3.63) is 48.3 Å². The van der Waals surface area contributed by atoms with E-state index in [9.17, 15) is 0 Å². The second kappa shape index (κ2) is 6.90. The number of hydrogen-bond acceptors (Lipinski definition) is 4. The van der Waals surface area contributed by atoms with E-state index in [-0.39, 0.29) is 0 Å². The summed E-state index contributed by atoms with van der Waals surface area (Å²) in [7, 11) is 0. The summed E-state index contributed by atoms with van der Waals surface area (Å²) in [6.45, 7) is 3.04. The van der Waals surface area contributed by atoms with E-state index < -0.39 is 0 Å². The fraction of sp³-hybridized carbons (Fsp3) is 0.353. The van der Waals surface area contributed by atoms with Crippen LogP contribution < -0.4 is 0 Å². The lowest BCUT2D eigenvalue weighted by atomic mass is 10.1. The number of hydrogen-bond donors (Lipinski definition) is 0. The van der Waals surface area contributed by atoms with E-state index in [1.807, 2.05) is 29.8 Å². The van der Waals surface area contributed by atoms with Crippen LogP contribution >= 0.6 is 0 Å². The van der Waals surface area contributed by atoms with Gasteiger partial charge in [-0.2, -0.15) is 0 Å². The van der Waals surface area contributed by atoms with Crippen molar-refractivity contribution in [2.75, 3.05) is 6.61 Å². The van der Waals surface area contributed by atoms with Gasteiger partial charge in [-0.1, -0.05) is 11.1 Å². The van der Waals surface area contributed by atoms with Crippen molar-refractivity contribution in [2.45, 2.75) is 26.3 Å². The molecule has 0 amide bonds. The van der Waals surface area contributed by atoms with Crippen LogP contribution in [0.2, 0.25) is 0 Å². The van der Waals surface area contributed by atoms with E-state index in [1.165, 1.54) is 12.8 Å². The van der Waals surface area contributed by atoms with E-state index in [0.717, 1.165) is 17.0 Å². The summed E-state index contributed by atoms with van der Waals surface area (Å²) in [5.41, 5.74) is 2.54. The van der Waals surface area contributed by atoms with Crippen molar-refractivity contribution in [1.82, 2.24) is 14.5 Å². The SMILES string of the molecule is CCO/N=C(\Cn1ccnc1)c1ccc(C#CC2CC2)nc1. The fourth-order valence-corrected chi connectivity index (χ4v) is 1.91. The molecule has 0 aliphatic heterocycles. The van der Waals surface area contributed by atoms with Crippen molar-refractivity contribution in [1.29, 1.82) is 0 Å². The summed E-state index contributed by atoms with van der Waals surface area (Å²) in [4.78, 5) is 13.7. The number of imidazole rings is 1. The topological polar surface area (TPSA) is 52.3 Å². The normalized spacial score (nSPS) is 14.3. The largest absolute Gasteiger partial charge is 0.396 e. The van der Waals surface area contributed by atoms with Crippen LogP contribution in [0.1, 0.15) is 31.0 Å². The van der Waals surface area contributed by atoms with Crippen molar-refractivity contribution >= 4 is 5.71 Å². The zero-order valence-corrected chi connectivity index (χ0v) is 12.6. The van der Waals surface area contributed by atoms with Gasteiger partial charge in [0.05, 0.1) is 12.9 Å². The molecule has 0 saturated heterocycles. The van der Waals surface area contributed by atoms with E-state index in [1.54, 1.807) is 18.7 Å². The van der Waals surface area contributed by atoms with Crippen LogP contribution in [0.5, 0.6) is 0 Å². The average molecular weight is 294 g/mol. The molecule has 5 nitrogen and oxygen atoms in total. The van der Waals surface area contributed by atoms with Gasteiger partial charge in [-0.3, -0.25) is 0 Å². The van der Waals surface area contributed by atoms with Gasteiger partial charge in [-0.15, -0.1) is 0 Å². The molecule has 1 aliphatic rings. The molecule has 2 aromatic heterocycles. The summed E-state index contributed by atoms with van der Waals surface area (Å²) in [6, 6.07) is 3.92. The van der Waals surface area contributed by atoms with Crippen LogP contribution in [-0.4, -0.2) is 26.9 Å². The first-order chi connectivity index (χ1) is 10.8. The van der Waals surface area contributed by atoms with Crippen molar-refractivity contribution in [2.24, 2.45) is 11.1 Å². The average Bonchev–Trinajstić information content (AvgIpc) is 3.25. The van der Waals surface area contributed by atoms with Crippen LogP contribution in [0.25, 0.3) is 0 Å². The number of aromatic nitrogens is 3. The van der Waals surface area contributed by atoms with Crippen molar-refractivity contribution < 1.29 is 4.84 Å². The van der Waals surface area contributed by atoms with Crippen LogP contribution in [0.15, 0.2) is 42.2 Å². The Morgan fingerprint density at radius 2 is 2.36 bits per heavy atom. The summed E-state index contributed by atoms with van der Waals surface area (Å²) in [5, 5.41) is 4.19. The first kappa shape index (κ1) is 14.3. The smallest absolute Gasteiger partial charge is 0.114 e. The third-order valence-electron chi connectivity index (χ3n) is 3.27. The Morgan fingerprint density at radius 3 is 3.00 bits per heavy atom. The molecule has 5 heteroatoms. The molecule has 0 aromatic carbocycles. The third-order valence-corrected chi connectivity index (χ3v) is 3.27. The number of rotatable bonds is 5. The number of pyridine rings is 1. The molecule has 2 heterocycles. The van der Waals surface area contributed by atoms with Crippen molar-refractivity contribution in [3.8, 4) is 11.8 Å². The molecule has 2 aromatic rings. The second-order valence-corrected chi connectivity index (χ2v) is 5.17. The van der Waals surface area contributed by atoms with Gasteiger partial charge in [-0.05, 0) is 37.8 Å². The predicted octanol–water partition coefficient (Wildman–Crippen LogP) is 2.48. The van der Waals surface area contributed by atoms with Crippen LogP contribution in [0.3, 0.4) is 0 Å². The predicted molar refractivity (Wildman–Crippen MR) is 84.2 cm³/mol. The minimum absolute atomic E-state index is 0.534. The minimum Gasteiger partial charge on any atom is -0.396 e. The molecule has 0 spiro atoms. The Kier molecular flexibility index (Phi) is 4.50. The van der Waals surface area contributed by atoms with E-state index in [0.29, 0.717) is 19.1 Å². The van der Waals surface area contributed by atoms with Gasteiger partial charge in [0.2, 0.25) is 0 Å². The highest BCUT2D eigenvalue weighted by Gasteiger charge is 2.17. The molecule has 3 rings (SSSR count). The van der Waals surface area contributed by atoms with E-state index in [4.69, 9.17) is 4.84 Å². The van der Waals surface area contributed by atoms with Gasteiger partial charge in [0.1, 0.15) is 18.0 Å². The second-order valence-electron chi connectivity index (χ2n) is 5.17. The highest BCUT2D eigenvalue weighted by Crippen LogP contribution is 2.27. The third kappa shape index (κ3) is 3.95. The summed E-state index contributed by atoms with van der Waals surface area (Å²) in [5.74, 6) is 6.91. The van der Waals surface area contributed by atoms with Gasteiger partial charge in [0, 0.05) is 30.1 Å². The quantitative estimate of drug-likeness (QED) is 0.483. The Hall–Kier alpha value is -2.61. The summed E-state index contributed by atoms with van der Waals surface area (Å²) >= 11 is 0. The molecule has 1 aliphatic carbocycles. The number of oxime groups is 1. The highest BCUT2D eigenvalue weighted by molar-refractivity contribution is 5.99. The molecule has 112 valence electrons. The lowest BCUT2D eigenvalue weighted by molar-refractivity contribution is 0.158. The van der Waals surface area contributed by atoms with E-state index >= 15 is 0 Å². The fourth-order valence-electron chi connectivity index (χ4n) is 1.91. The molecule has 0 atom stereocenters. The van der Waals surface area contributed by atoms with Gasteiger partial charge in [-0.25, -0.2) is 9.97 Å². The standard InChI is InChI=1S/C17H18N4O/c1-2-22-20-17(12-21-10-9-18-13-21)15-6-8-16(19-11-15)7-5-14-3-4-14/h6,8-11,13-14H,2-4,12H2,1H3/b20-17+. The highest BCUT2D eigenvalue weighted by atomic mass is 16.6. The summed E-state index contributed by atoms with van der Waals surface area (Å²) in [6.07, 6.45) is 9.63. The molecule has 22 heavy (non-hydrogen) atoms. The Balaban J connectivity index is 1.76. The maximum absolute atomic E-state index is 5.21. The van der Waals surface area contributed by atoms with Gasteiger partial charge >= 0.3 is 0 Å². The minimum atomic E-state index is 0.534. The van der Waals surface area contributed by atoms with Gasteiger partial charge < -0.3 is 9.40 Å². The maximum atomic E-state index is 5.21. The zero-order chi connectivity index (χ0) is 15.2. The van der Waals surface area contributed by atoms with E-state index in [2.05, 4.69) is 27.0 Å². The number of nitrogens with zero attached hydrogens (tertiary/aromatic N) is 4. The Morgan fingerprint density at radius 1 is 1.45 bits per heavy atom. The molecular formula is C17H18N4O. The molecular weight excluding hydrogens is 276 g/mol. The molecule has 0 N–H and O–H groups in total. The first-order valence-electron chi connectivity index (χ1n) is 7.47. The Bertz CT molecular complexity index is 689. The van der Waals surface area contributed by atoms with Crippen LogP contribution in [0.4, 0.5) is 0 Å². The van der Waals surface area contributed by atoms with Crippen LogP contribution in [-0.2, 0) is 11.4 Å². The zero-order valence-electron chi connectivity index (χ0n) is 12.6. The molecule has 0 radical (unpaired) electrons. The molecule has 1 saturated carbocycles. The van der Waals surface area contributed by atoms with Gasteiger partial charge in [0.15, 0.2) is 0 Å². The monoisotopic (exact) mass is 294 g/mol. The molecule has 0 bridgehead atoms. The van der Waals surface area contributed by atoms with Crippen LogP contribution in [0, 0.1) is 17.8 Å². The lowest BCUT2D eigenvalue weighted by Gasteiger charge is -2.07. The van der Waals surface area contributed by atoms with Gasteiger partial charge in [0.25, 0.3) is 0 Å². The summed E-state index contributed by atoms with van der Waals surface area (Å²) < 4.78 is 1.94. The molecule has 0 unspecified atom stereocenters.